The van der Waals surface area contributed by atoms with Gasteiger partial charge in [0, 0.05) is 35.4 Å². The molecule has 36 heavy (non-hydrogen) atoms. The molecule has 1 fully saturated rings. The van der Waals surface area contributed by atoms with Crippen LogP contribution in [0.4, 0.5) is 11.8 Å². The molecule has 1 atom stereocenters. The number of nitrogens with one attached hydrogen (secondary N) is 2. The summed E-state index contributed by atoms with van der Waals surface area (Å²) in [6.45, 7) is 2.13. The quantitative estimate of drug-likeness (QED) is 0.287. The van der Waals surface area contributed by atoms with E-state index in [2.05, 4.69) is 39.1 Å². The largest absolute Gasteiger partial charge is 0.351 e. The third-order valence-electron chi connectivity index (χ3n) is 6.58. The predicted octanol–water partition coefficient (Wildman–Crippen LogP) is 5.72. The molecule has 1 saturated carbocycles. The highest BCUT2D eigenvalue weighted by molar-refractivity contribution is 7.86. The lowest BCUT2D eigenvalue weighted by molar-refractivity contribution is 0.410. The molecule has 1 unspecified atom stereocenters. The van der Waals surface area contributed by atoms with Gasteiger partial charge in [0.25, 0.3) is 0 Å². The van der Waals surface area contributed by atoms with E-state index in [4.69, 9.17) is 22.3 Å². The number of pyridine rings is 1. The average Bonchev–Trinajstić information content (AvgIpc) is 2.90. The van der Waals surface area contributed by atoms with Gasteiger partial charge in [-0.1, -0.05) is 30.7 Å². The van der Waals surface area contributed by atoms with Crippen LogP contribution >= 0.6 is 11.6 Å². The number of halogens is 1. The smallest absolute Gasteiger partial charge is 0.223 e. The average molecular weight is 521 g/mol. The summed E-state index contributed by atoms with van der Waals surface area (Å²) in [7, 11) is -1.50. The molecule has 0 radical (unpaired) electrons. The van der Waals surface area contributed by atoms with E-state index in [0.29, 0.717) is 33.8 Å². The number of rotatable bonds is 7. The first-order valence-electron chi connectivity index (χ1n) is 12.2. The molecule has 2 heterocycles. The van der Waals surface area contributed by atoms with Crippen LogP contribution in [-0.2, 0) is 17.4 Å². The number of aromatic nitrogens is 3. The monoisotopic (exact) mass is 520 g/mol. The van der Waals surface area contributed by atoms with Crippen molar-refractivity contribution in [2.24, 2.45) is 5.73 Å². The summed E-state index contributed by atoms with van der Waals surface area (Å²) in [5.74, 6) is 1.19. The molecule has 1 aliphatic carbocycles. The Morgan fingerprint density at radius 1 is 1.03 bits per heavy atom. The van der Waals surface area contributed by atoms with Gasteiger partial charge in [-0.2, -0.15) is 0 Å². The fraction of sp³-hybridized carbons (Fsp3) is 0.296. The van der Waals surface area contributed by atoms with Crippen molar-refractivity contribution in [3.63, 3.8) is 0 Å². The summed E-state index contributed by atoms with van der Waals surface area (Å²) in [6, 6.07) is 15.8. The topological polar surface area (TPSA) is 106 Å². The Labute approximate surface area is 218 Å². The van der Waals surface area contributed by atoms with Crippen molar-refractivity contribution in [2.75, 3.05) is 10.0 Å². The van der Waals surface area contributed by atoms with E-state index < -0.39 is 11.0 Å². The lowest BCUT2D eigenvalue weighted by atomic mass is 9.92. The zero-order valence-corrected chi connectivity index (χ0v) is 21.6. The normalized spacial score (nSPS) is 18.6. The number of benzene rings is 2. The summed E-state index contributed by atoms with van der Waals surface area (Å²) in [4.78, 5) is 14.4. The summed E-state index contributed by atoms with van der Waals surface area (Å²) in [5, 5.41) is 4.94. The number of anilines is 2. The molecule has 4 aromatic rings. The lowest BCUT2D eigenvalue weighted by Gasteiger charge is -2.26. The van der Waals surface area contributed by atoms with Gasteiger partial charge in [0.1, 0.15) is 5.82 Å². The Hall–Kier alpha value is -3.07. The molecule has 0 amide bonds. The summed E-state index contributed by atoms with van der Waals surface area (Å²) in [5.41, 5.74) is 10.2. The van der Waals surface area contributed by atoms with Crippen LogP contribution in [0.2, 0.25) is 5.02 Å². The highest BCUT2D eigenvalue weighted by Gasteiger charge is 2.19. The highest BCUT2D eigenvalue weighted by Crippen LogP contribution is 2.29. The Kier molecular flexibility index (Phi) is 7.46. The van der Waals surface area contributed by atoms with Crippen molar-refractivity contribution >= 4 is 45.3 Å². The molecule has 2 aromatic heterocycles. The molecule has 0 bridgehead atoms. The molecular weight excluding hydrogens is 492 g/mol. The van der Waals surface area contributed by atoms with E-state index in [1.54, 1.807) is 30.5 Å². The fourth-order valence-electron chi connectivity index (χ4n) is 4.54. The summed E-state index contributed by atoms with van der Waals surface area (Å²) in [6.07, 6.45) is 8.68. The Balaban J connectivity index is 1.35. The number of nitrogens with zero attached hydrogens (tertiary/aromatic N) is 3. The molecule has 186 valence electrons. The first-order valence-corrected chi connectivity index (χ1v) is 13.7. The van der Waals surface area contributed by atoms with Crippen molar-refractivity contribution in [3.8, 4) is 11.1 Å². The molecule has 0 saturated heterocycles. The van der Waals surface area contributed by atoms with Crippen LogP contribution in [0.5, 0.6) is 0 Å². The molecule has 0 spiro atoms. The van der Waals surface area contributed by atoms with Gasteiger partial charge in [0.2, 0.25) is 5.95 Å². The maximum absolute atomic E-state index is 12.6. The molecule has 2 aromatic carbocycles. The van der Waals surface area contributed by atoms with Crippen LogP contribution in [0.3, 0.4) is 0 Å². The van der Waals surface area contributed by atoms with Gasteiger partial charge in [0.15, 0.2) is 11.0 Å². The van der Waals surface area contributed by atoms with E-state index in [1.807, 2.05) is 18.3 Å². The van der Waals surface area contributed by atoms with Crippen LogP contribution in [0.15, 0.2) is 65.8 Å². The van der Waals surface area contributed by atoms with Gasteiger partial charge >= 0.3 is 0 Å². The molecule has 1 aliphatic rings. The molecule has 4 N–H and O–H groups in total. The SMILES string of the molecule is CCc1cc(-c2ccc(NS(=O)c3ccccc3Cl)nc2)cc2cnc(NC3CCC(N)CC3)nc12. The van der Waals surface area contributed by atoms with Crippen LogP contribution in [0, 0.1) is 0 Å². The molecular formula is C27H29ClN6OS. The second-order valence-electron chi connectivity index (χ2n) is 9.11. The minimum absolute atomic E-state index is 0.314. The van der Waals surface area contributed by atoms with Gasteiger partial charge in [-0.25, -0.2) is 19.2 Å². The maximum atomic E-state index is 12.6. The van der Waals surface area contributed by atoms with E-state index in [0.717, 1.165) is 59.7 Å². The van der Waals surface area contributed by atoms with Crippen molar-refractivity contribution in [1.29, 1.82) is 0 Å². The predicted molar refractivity (Wildman–Crippen MR) is 147 cm³/mol. The minimum atomic E-state index is -1.50. The van der Waals surface area contributed by atoms with E-state index in [1.165, 1.54) is 0 Å². The van der Waals surface area contributed by atoms with Crippen molar-refractivity contribution in [1.82, 2.24) is 15.0 Å². The standard InChI is InChI=1S/C27H29ClN6OS/c1-2-17-13-19(14-20-16-31-27(33-26(17)20)32-22-10-8-21(29)9-11-22)18-7-12-25(30-15-18)34-36(35)24-6-4-3-5-23(24)28/h3-7,12-16,21-22H,2,8-11,29H2,1H3,(H,30,34)(H,31,32,33). The van der Waals surface area contributed by atoms with Crippen LogP contribution in [0.25, 0.3) is 22.0 Å². The first-order chi connectivity index (χ1) is 17.5. The van der Waals surface area contributed by atoms with Crippen molar-refractivity contribution < 1.29 is 4.21 Å². The number of nitrogens with two attached hydrogens (primary N) is 1. The van der Waals surface area contributed by atoms with Gasteiger partial charge in [-0.3, -0.25) is 4.72 Å². The van der Waals surface area contributed by atoms with E-state index >= 15 is 0 Å². The van der Waals surface area contributed by atoms with Gasteiger partial charge in [-0.15, -0.1) is 0 Å². The minimum Gasteiger partial charge on any atom is -0.351 e. The van der Waals surface area contributed by atoms with E-state index in [-0.39, 0.29) is 0 Å². The number of aryl methyl sites for hydroxylation is 1. The summed E-state index contributed by atoms with van der Waals surface area (Å²) < 4.78 is 15.6. The van der Waals surface area contributed by atoms with Crippen molar-refractivity contribution in [3.05, 3.63) is 71.5 Å². The van der Waals surface area contributed by atoms with Gasteiger partial charge in [-0.05, 0) is 79.6 Å². The van der Waals surface area contributed by atoms with Crippen molar-refractivity contribution in [2.45, 2.75) is 56.0 Å². The number of hydrogen-bond acceptors (Lipinski definition) is 6. The first kappa shape index (κ1) is 24.6. The lowest BCUT2D eigenvalue weighted by Crippen LogP contribution is -2.33. The van der Waals surface area contributed by atoms with Gasteiger partial charge < -0.3 is 11.1 Å². The van der Waals surface area contributed by atoms with E-state index in [9.17, 15) is 4.21 Å². The Morgan fingerprint density at radius 2 is 1.83 bits per heavy atom. The molecule has 0 aliphatic heterocycles. The number of hydrogen-bond donors (Lipinski definition) is 3. The zero-order valence-electron chi connectivity index (χ0n) is 20.1. The second kappa shape index (κ2) is 10.9. The third-order valence-corrected chi connectivity index (χ3v) is 8.17. The molecule has 9 heteroatoms. The Bertz CT molecular complexity index is 1390. The van der Waals surface area contributed by atoms with Crippen LogP contribution < -0.4 is 15.8 Å². The fourth-order valence-corrected chi connectivity index (χ4v) is 5.76. The van der Waals surface area contributed by atoms with Gasteiger partial charge in [0.05, 0.1) is 15.4 Å². The molecule has 7 nitrogen and oxygen atoms in total. The second-order valence-corrected chi connectivity index (χ2v) is 10.7. The summed E-state index contributed by atoms with van der Waals surface area (Å²) >= 11 is 6.16. The van der Waals surface area contributed by atoms with Crippen LogP contribution in [0.1, 0.15) is 38.2 Å². The third kappa shape index (κ3) is 5.51. The number of fused-ring (bicyclic) bond motifs is 1. The van der Waals surface area contributed by atoms with Crippen LogP contribution in [-0.4, -0.2) is 31.2 Å². The highest BCUT2D eigenvalue weighted by atomic mass is 35.5. The maximum Gasteiger partial charge on any atom is 0.223 e. The molecule has 5 rings (SSSR count). The zero-order chi connectivity index (χ0) is 25.1. The Morgan fingerprint density at radius 3 is 2.56 bits per heavy atom.